The van der Waals surface area contributed by atoms with Gasteiger partial charge in [0, 0.05) is 22.3 Å². The summed E-state index contributed by atoms with van der Waals surface area (Å²) in [6.45, 7) is 5.73. The molecule has 7 atom stereocenters. The molecule has 0 aliphatic carbocycles. The fourth-order valence-corrected chi connectivity index (χ4v) is 10.3. The number of fused-ring (bicyclic) bond motifs is 1. The third-order valence-corrected chi connectivity index (χ3v) is 11.6. The Morgan fingerprint density at radius 2 is 1.95 bits per heavy atom. The highest BCUT2D eigenvalue weighted by Gasteiger charge is 2.76. The lowest BCUT2D eigenvalue weighted by molar-refractivity contribution is -0.154. The van der Waals surface area contributed by atoms with Crippen molar-refractivity contribution in [2.45, 2.75) is 46.7 Å². The van der Waals surface area contributed by atoms with E-state index in [1.807, 2.05) is 30.3 Å². The molecule has 3 unspecified atom stereocenters. The minimum Gasteiger partial charge on any atom is -0.497 e. The first-order valence-corrected chi connectivity index (χ1v) is 15.6. The van der Waals surface area contributed by atoms with Crippen LogP contribution in [0.15, 0.2) is 67.3 Å². The number of carbonyl (C=O) groups is 3. The van der Waals surface area contributed by atoms with Crippen LogP contribution in [0.5, 0.6) is 5.75 Å². The van der Waals surface area contributed by atoms with Gasteiger partial charge in [-0.15, -0.1) is 18.3 Å². The molecule has 0 radical (unpaired) electrons. The number of esters is 1. The van der Waals surface area contributed by atoms with Crippen molar-refractivity contribution >= 4 is 51.2 Å². The molecule has 5 rings (SSSR count). The van der Waals surface area contributed by atoms with Gasteiger partial charge in [-0.25, -0.2) is 0 Å². The fraction of sp³-hybridized carbons (Fsp3) is 0.452. The number of alkyl halides is 1. The molecule has 3 aliphatic heterocycles. The van der Waals surface area contributed by atoms with Gasteiger partial charge in [0.2, 0.25) is 5.91 Å². The van der Waals surface area contributed by atoms with Crippen molar-refractivity contribution in [3.63, 3.8) is 0 Å². The number of hydrogen-bond donors (Lipinski definition) is 1. The van der Waals surface area contributed by atoms with E-state index in [-0.39, 0.29) is 41.6 Å². The van der Waals surface area contributed by atoms with Crippen LogP contribution < -0.4 is 9.64 Å². The Labute approximate surface area is 253 Å². The first kappa shape index (κ1) is 29.7. The highest BCUT2D eigenvalue weighted by molar-refractivity contribution is 9.09. The highest BCUT2D eigenvalue weighted by Crippen LogP contribution is 2.68. The Kier molecular flexibility index (Phi) is 8.82. The SMILES string of the molecule is C=CCN(C(=O)C1N([C@@H](CO)Cc2ccccc2)C(=O)[C@@H]2[C@@H](C(=O)OCC)[C@@H]3SC12CC3Br)c1ccc(OC)cc1. The average molecular weight is 644 g/mol. The molecule has 1 spiro atoms. The Bertz CT molecular complexity index is 1290. The molecule has 2 aromatic carbocycles. The number of halogens is 1. The molecule has 2 bridgehead atoms. The number of nitrogens with zero attached hydrogens (tertiary/aromatic N) is 2. The summed E-state index contributed by atoms with van der Waals surface area (Å²) in [5.74, 6) is -1.72. The van der Waals surface area contributed by atoms with Crippen molar-refractivity contribution in [3.8, 4) is 5.75 Å². The van der Waals surface area contributed by atoms with Gasteiger partial charge in [-0.1, -0.05) is 52.3 Å². The molecular weight excluding hydrogens is 608 g/mol. The van der Waals surface area contributed by atoms with E-state index in [1.165, 1.54) is 0 Å². The van der Waals surface area contributed by atoms with Crippen LogP contribution in [0.3, 0.4) is 0 Å². The number of anilines is 1. The van der Waals surface area contributed by atoms with Crippen molar-refractivity contribution in [3.05, 3.63) is 72.8 Å². The number of methoxy groups -OCH3 is 1. The maximum absolute atomic E-state index is 14.8. The molecule has 218 valence electrons. The molecule has 41 heavy (non-hydrogen) atoms. The molecule has 0 aromatic heterocycles. The number of ether oxygens (including phenoxy) is 2. The number of carbonyl (C=O) groups excluding carboxylic acids is 3. The zero-order chi connectivity index (χ0) is 29.3. The molecular formula is C31H35BrN2O6S. The molecule has 3 fully saturated rings. The normalized spacial score (nSPS) is 28.7. The Morgan fingerprint density at radius 3 is 2.56 bits per heavy atom. The topological polar surface area (TPSA) is 96.4 Å². The third-order valence-electron chi connectivity index (χ3n) is 8.40. The molecule has 3 saturated heterocycles. The number of aliphatic hydroxyl groups excluding tert-OH is 1. The monoisotopic (exact) mass is 642 g/mol. The van der Waals surface area contributed by atoms with Crippen LogP contribution >= 0.6 is 27.7 Å². The van der Waals surface area contributed by atoms with Gasteiger partial charge in [-0.3, -0.25) is 14.4 Å². The van der Waals surface area contributed by atoms with E-state index < -0.39 is 34.6 Å². The molecule has 10 heteroatoms. The summed E-state index contributed by atoms with van der Waals surface area (Å²) in [6.07, 6.45) is 2.56. The summed E-state index contributed by atoms with van der Waals surface area (Å²) < 4.78 is 9.90. The molecule has 2 amide bonds. The minimum atomic E-state index is -0.905. The standard InChI is InChI=1S/C31H35BrN2O6S/c1-4-15-33(20-11-13-22(39-3)14-12-20)29(37)27-31-17-23(32)26(41-31)24(30(38)40-5-2)25(31)28(36)34(27)21(18-35)16-19-9-7-6-8-10-19/h4,6-14,21,23-27,35H,1,5,15-18H2,2-3H3/t21-,23?,24-,25+,26-,27?,31?/m1/s1. The van der Waals surface area contributed by atoms with E-state index in [9.17, 15) is 19.5 Å². The van der Waals surface area contributed by atoms with Crippen molar-refractivity contribution in [1.82, 2.24) is 4.90 Å². The second-order valence-corrected chi connectivity index (χ2v) is 13.3. The van der Waals surface area contributed by atoms with Gasteiger partial charge in [-0.05, 0) is 49.6 Å². The average Bonchev–Trinajstić information content (AvgIpc) is 3.58. The minimum absolute atomic E-state index is 0.0725. The van der Waals surface area contributed by atoms with E-state index in [4.69, 9.17) is 9.47 Å². The van der Waals surface area contributed by atoms with Crippen LogP contribution in [0.25, 0.3) is 0 Å². The van der Waals surface area contributed by atoms with Gasteiger partial charge in [0.1, 0.15) is 11.8 Å². The van der Waals surface area contributed by atoms with Crippen molar-refractivity contribution in [2.75, 3.05) is 31.8 Å². The summed E-state index contributed by atoms with van der Waals surface area (Å²) >= 11 is 5.33. The van der Waals surface area contributed by atoms with Crippen molar-refractivity contribution < 1.29 is 29.0 Å². The largest absolute Gasteiger partial charge is 0.497 e. The van der Waals surface area contributed by atoms with Crippen LogP contribution in [0, 0.1) is 11.8 Å². The molecule has 8 nitrogen and oxygen atoms in total. The zero-order valence-corrected chi connectivity index (χ0v) is 25.6. The van der Waals surface area contributed by atoms with Crippen molar-refractivity contribution in [2.24, 2.45) is 11.8 Å². The van der Waals surface area contributed by atoms with Gasteiger partial charge in [-0.2, -0.15) is 0 Å². The molecule has 2 aromatic rings. The van der Waals surface area contributed by atoms with Gasteiger partial charge in [0.25, 0.3) is 5.91 Å². The lowest BCUT2D eigenvalue weighted by atomic mass is 9.71. The number of thioether (sulfide) groups is 1. The summed E-state index contributed by atoms with van der Waals surface area (Å²) in [5, 5.41) is 10.5. The second-order valence-electron chi connectivity index (χ2n) is 10.6. The predicted molar refractivity (Wildman–Crippen MR) is 162 cm³/mol. The predicted octanol–water partition coefficient (Wildman–Crippen LogP) is 3.85. The Balaban J connectivity index is 1.61. The highest BCUT2D eigenvalue weighted by atomic mass is 79.9. The fourth-order valence-electron chi connectivity index (χ4n) is 6.75. The van der Waals surface area contributed by atoms with E-state index in [0.717, 1.165) is 5.56 Å². The van der Waals surface area contributed by atoms with Crippen LogP contribution in [-0.4, -0.2) is 81.6 Å². The number of rotatable bonds is 11. The molecule has 0 saturated carbocycles. The quantitative estimate of drug-likeness (QED) is 0.226. The van der Waals surface area contributed by atoms with Crippen LogP contribution in [-0.2, 0) is 25.5 Å². The summed E-state index contributed by atoms with van der Waals surface area (Å²) in [5.41, 5.74) is 1.58. The first-order valence-electron chi connectivity index (χ1n) is 13.8. The van der Waals surface area contributed by atoms with Crippen molar-refractivity contribution in [1.29, 1.82) is 0 Å². The number of aliphatic hydroxyl groups is 1. The number of likely N-dealkylation sites (tertiary alicyclic amines) is 1. The summed E-state index contributed by atoms with van der Waals surface area (Å²) in [7, 11) is 1.58. The molecule has 3 aliphatic rings. The Morgan fingerprint density at radius 1 is 1.24 bits per heavy atom. The first-order chi connectivity index (χ1) is 19.8. The van der Waals surface area contributed by atoms with E-state index >= 15 is 0 Å². The van der Waals surface area contributed by atoms with E-state index in [1.54, 1.807) is 65.9 Å². The molecule has 3 heterocycles. The van der Waals surface area contributed by atoms with Crippen LogP contribution in [0.4, 0.5) is 5.69 Å². The third kappa shape index (κ3) is 5.08. The second kappa shape index (κ2) is 12.2. The van der Waals surface area contributed by atoms with Gasteiger partial charge in [0.05, 0.1) is 42.9 Å². The van der Waals surface area contributed by atoms with E-state index in [2.05, 4.69) is 22.5 Å². The van der Waals surface area contributed by atoms with Crippen LogP contribution in [0.1, 0.15) is 18.9 Å². The van der Waals surface area contributed by atoms with Crippen LogP contribution in [0.2, 0.25) is 0 Å². The number of amides is 2. The summed E-state index contributed by atoms with van der Waals surface area (Å²) in [6, 6.07) is 15.2. The van der Waals surface area contributed by atoms with Gasteiger partial charge < -0.3 is 24.4 Å². The van der Waals surface area contributed by atoms with Gasteiger partial charge in [0.15, 0.2) is 0 Å². The molecule has 1 N–H and O–H groups in total. The number of hydrogen-bond acceptors (Lipinski definition) is 7. The lowest BCUT2D eigenvalue weighted by Crippen LogP contribution is -2.58. The zero-order valence-electron chi connectivity index (χ0n) is 23.1. The number of benzene rings is 2. The maximum atomic E-state index is 14.8. The Hall–Kier alpha value is -2.82. The summed E-state index contributed by atoms with van der Waals surface area (Å²) in [4.78, 5) is 45.7. The van der Waals surface area contributed by atoms with Gasteiger partial charge >= 0.3 is 5.97 Å². The maximum Gasteiger partial charge on any atom is 0.310 e. The smallest absolute Gasteiger partial charge is 0.310 e. The lowest BCUT2D eigenvalue weighted by Gasteiger charge is -2.40. The van der Waals surface area contributed by atoms with E-state index in [0.29, 0.717) is 24.3 Å².